The van der Waals surface area contributed by atoms with E-state index in [1.54, 1.807) is 12.1 Å². The molecule has 4 aromatic rings. The number of nitrogens with zero attached hydrogens (tertiary/aromatic N) is 2. The minimum Gasteiger partial charge on any atom is -0.364 e. The fourth-order valence-corrected chi connectivity index (χ4v) is 4.44. The molecule has 144 valence electrons. The molecule has 0 saturated heterocycles. The summed E-state index contributed by atoms with van der Waals surface area (Å²) in [5.41, 5.74) is 2.81. The molecule has 0 fully saturated rings. The predicted molar refractivity (Wildman–Crippen MR) is 115 cm³/mol. The van der Waals surface area contributed by atoms with Gasteiger partial charge in [0.05, 0.1) is 5.39 Å². The van der Waals surface area contributed by atoms with Crippen molar-refractivity contribution < 1.29 is 10.2 Å². The molecule has 0 bridgehead atoms. The summed E-state index contributed by atoms with van der Waals surface area (Å²) in [7, 11) is 1.82. The molecule has 0 amide bonds. The highest BCUT2D eigenvalue weighted by Gasteiger charge is 2.13. The molecule has 0 radical (unpaired) electrons. The molecule has 0 saturated carbocycles. The Bertz CT molecular complexity index is 1190. The molecule has 2 aromatic heterocycles. The summed E-state index contributed by atoms with van der Waals surface area (Å²) < 4.78 is 3.30. The number of H-pyrrole nitrogens is 1. The lowest BCUT2D eigenvalue weighted by Crippen LogP contribution is -1.99. The summed E-state index contributed by atoms with van der Waals surface area (Å²) >= 11 is 0. The third-order valence-electron chi connectivity index (χ3n) is 4.52. The van der Waals surface area contributed by atoms with Crippen LogP contribution in [0.3, 0.4) is 0 Å². The molecule has 1 unspecified atom stereocenters. The van der Waals surface area contributed by atoms with Gasteiger partial charge < -0.3 is 20.5 Å². The van der Waals surface area contributed by atoms with Gasteiger partial charge in [-0.2, -0.15) is 0 Å². The third-order valence-corrected chi connectivity index (χ3v) is 6.19. The van der Waals surface area contributed by atoms with Gasteiger partial charge in [0.25, 0.3) is 0 Å². The molecule has 7 nitrogen and oxygen atoms in total. The minimum absolute atomic E-state index is 0.120. The number of anilines is 2. The zero-order chi connectivity index (χ0) is 19.7. The van der Waals surface area contributed by atoms with Crippen LogP contribution in [-0.4, -0.2) is 37.6 Å². The molecule has 2 heterocycles. The zero-order valence-electron chi connectivity index (χ0n) is 15.5. The van der Waals surface area contributed by atoms with Gasteiger partial charge >= 0.3 is 0 Å². The average Bonchev–Trinajstić information content (AvgIpc) is 3.08. The Hall–Kier alpha value is -2.78. The molecule has 4 rings (SSSR count). The van der Waals surface area contributed by atoms with Crippen LogP contribution in [0, 0.1) is 0 Å². The Kier molecular flexibility index (Phi) is 5.10. The van der Waals surface area contributed by atoms with Crippen molar-refractivity contribution in [2.75, 3.05) is 12.4 Å². The van der Waals surface area contributed by atoms with E-state index in [0.717, 1.165) is 22.0 Å². The van der Waals surface area contributed by atoms with E-state index in [9.17, 15) is 10.2 Å². The second kappa shape index (κ2) is 7.69. The second-order valence-electron chi connectivity index (χ2n) is 6.18. The molecule has 5 N–H and O–H groups in total. The summed E-state index contributed by atoms with van der Waals surface area (Å²) in [4.78, 5) is 13.2. The van der Waals surface area contributed by atoms with Gasteiger partial charge in [0.2, 0.25) is 0 Å². The van der Waals surface area contributed by atoms with Crippen LogP contribution in [0.2, 0.25) is 0 Å². The van der Waals surface area contributed by atoms with Crippen LogP contribution in [-0.2, 0) is 0 Å². The molecule has 0 aliphatic rings. The van der Waals surface area contributed by atoms with Gasteiger partial charge in [0.1, 0.15) is 17.8 Å². The van der Waals surface area contributed by atoms with Crippen molar-refractivity contribution in [3.63, 3.8) is 0 Å². The summed E-state index contributed by atoms with van der Waals surface area (Å²) in [6.07, 6.45) is -0.0116. The molecule has 0 aliphatic heterocycles. The Balaban J connectivity index is 1.79. The van der Waals surface area contributed by atoms with Gasteiger partial charge in [-0.05, 0) is 43.6 Å². The molecule has 8 heteroatoms. The summed E-state index contributed by atoms with van der Waals surface area (Å²) in [5, 5.41) is 26.1. The van der Waals surface area contributed by atoms with Crippen molar-refractivity contribution in [3.05, 3.63) is 54.4 Å². The second-order valence-corrected chi connectivity index (χ2v) is 8.21. The first-order chi connectivity index (χ1) is 13.6. The maximum atomic E-state index is 9.41. The van der Waals surface area contributed by atoms with E-state index >= 15 is 0 Å². The monoisotopic (exact) mass is 395 g/mol. The van der Waals surface area contributed by atoms with Gasteiger partial charge in [0, 0.05) is 27.0 Å². The third kappa shape index (κ3) is 3.38. The quantitative estimate of drug-likeness (QED) is 0.262. The highest BCUT2D eigenvalue weighted by atomic mass is 32.2. The Morgan fingerprint density at radius 1 is 1.14 bits per heavy atom. The van der Waals surface area contributed by atoms with Crippen LogP contribution >= 0.6 is 10.7 Å². The van der Waals surface area contributed by atoms with Gasteiger partial charge in [-0.25, -0.2) is 9.97 Å². The Morgan fingerprint density at radius 3 is 2.75 bits per heavy atom. The number of aliphatic hydroxyl groups is 2. The topological polar surface area (TPSA) is 106 Å². The van der Waals surface area contributed by atoms with E-state index in [1.807, 2.05) is 32.2 Å². The molecule has 0 aliphatic carbocycles. The number of aromatic amines is 1. The molecule has 28 heavy (non-hydrogen) atoms. The van der Waals surface area contributed by atoms with Crippen LogP contribution < -0.4 is 10.0 Å². The van der Waals surface area contributed by atoms with Crippen molar-refractivity contribution in [1.29, 1.82) is 0 Å². The largest absolute Gasteiger partial charge is 0.364 e. The zero-order valence-corrected chi connectivity index (χ0v) is 16.3. The lowest BCUT2D eigenvalue weighted by molar-refractivity contribution is -0.0423. The maximum absolute atomic E-state index is 9.41. The Labute approximate surface area is 164 Å². The van der Waals surface area contributed by atoms with Gasteiger partial charge in [-0.1, -0.05) is 28.9 Å². The van der Waals surface area contributed by atoms with Crippen LogP contribution in [0.1, 0.15) is 18.8 Å². The van der Waals surface area contributed by atoms with E-state index < -0.39 is 6.29 Å². The molecule has 1 atom stereocenters. The lowest BCUT2D eigenvalue weighted by Gasteiger charge is -2.11. The standard InChI is InChI=1S/C20H21N5O2S/c1-3-28(21-2)14-6-4-5-13(10-14)24-18-17-15-8-7-12(20(26)27)9-16(15)25-19(17)23-11-22-18/h3-11,20-21,26-27H,1-2H3,(H2,22,23,24,25). The van der Waals surface area contributed by atoms with Crippen molar-refractivity contribution in [2.24, 2.45) is 0 Å². The summed E-state index contributed by atoms with van der Waals surface area (Å²) in [5.74, 6) is 0.690. The van der Waals surface area contributed by atoms with Crippen LogP contribution in [0.15, 0.2) is 53.7 Å². The van der Waals surface area contributed by atoms with E-state index in [1.165, 1.54) is 11.2 Å². The fourth-order valence-electron chi connectivity index (χ4n) is 3.22. The van der Waals surface area contributed by atoms with E-state index in [-0.39, 0.29) is 10.7 Å². The average molecular weight is 395 g/mol. The van der Waals surface area contributed by atoms with Crippen LogP contribution in [0.25, 0.3) is 21.9 Å². The number of hydrogen-bond acceptors (Lipinski definition) is 6. The van der Waals surface area contributed by atoms with Crippen molar-refractivity contribution in [3.8, 4) is 0 Å². The summed E-state index contributed by atoms with van der Waals surface area (Å²) in [6, 6.07) is 13.4. The van der Waals surface area contributed by atoms with Gasteiger partial charge in [0.15, 0.2) is 6.29 Å². The fraction of sp³-hybridized carbons (Fsp3) is 0.150. The number of hydrogen-bond donors (Lipinski definition) is 5. The van der Waals surface area contributed by atoms with Crippen molar-refractivity contribution in [1.82, 2.24) is 19.7 Å². The Morgan fingerprint density at radius 2 is 2.00 bits per heavy atom. The van der Waals surface area contributed by atoms with Gasteiger partial charge in [-0.15, -0.1) is 0 Å². The number of benzene rings is 2. The first-order valence-corrected chi connectivity index (χ1v) is 10.1. The number of fused-ring (bicyclic) bond motifs is 3. The molecule has 0 spiro atoms. The lowest BCUT2D eigenvalue weighted by atomic mass is 10.1. The van der Waals surface area contributed by atoms with Crippen molar-refractivity contribution in [2.45, 2.75) is 18.1 Å². The van der Waals surface area contributed by atoms with E-state index in [0.29, 0.717) is 17.0 Å². The first-order valence-electron chi connectivity index (χ1n) is 8.80. The number of nitrogens with one attached hydrogen (secondary N) is 3. The summed E-state index contributed by atoms with van der Waals surface area (Å²) in [6.45, 7) is 2.04. The van der Waals surface area contributed by atoms with E-state index in [4.69, 9.17) is 0 Å². The number of rotatable bonds is 5. The maximum Gasteiger partial charge on any atom is 0.178 e. The normalized spacial score (nSPS) is 12.9. The molecular weight excluding hydrogens is 374 g/mol. The molecular formula is C20H21N5O2S. The van der Waals surface area contributed by atoms with Crippen molar-refractivity contribution >= 4 is 49.5 Å². The highest BCUT2D eigenvalue weighted by molar-refractivity contribution is 8.13. The van der Waals surface area contributed by atoms with Crippen LogP contribution in [0.5, 0.6) is 0 Å². The highest BCUT2D eigenvalue weighted by Crippen LogP contribution is 2.33. The van der Waals surface area contributed by atoms with Gasteiger partial charge in [-0.3, -0.25) is 4.72 Å². The van der Waals surface area contributed by atoms with E-state index in [2.05, 4.69) is 42.5 Å². The number of aromatic nitrogens is 3. The van der Waals surface area contributed by atoms with Crippen LogP contribution in [0.4, 0.5) is 11.5 Å². The first kappa shape index (κ1) is 18.6. The smallest absolute Gasteiger partial charge is 0.178 e. The molecule has 2 aromatic carbocycles. The minimum atomic E-state index is -1.52. The SMILES string of the molecule is C/C=S(\NC)c1cccc(Nc2ncnc3[nH]c4cc(C(O)O)ccc4c23)c1. The number of aliphatic hydroxyl groups excluding tert-OH is 1. The predicted octanol–water partition coefficient (Wildman–Crippen LogP) is 3.42.